The molecule has 0 atom stereocenters. The molecule has 0 radical (unpaired) electrons. The Labute approximate surface area is 141 Å². The number of benzene rings is 1. The molecule has 4 rings (SSSR count). The topological polar surface area (TPSA) is 83.7 Å². The molecule has 1 aromatic carbocycles. The molecule has 0 amide bonds. The number of hydrogen-bond donors (Lipinski definition) is 2. The van der Waals surface area contributed by atoms with Gasteiger partial charge in [-0.2, -0.15) is 0 Å². The summed E-state index contributed by atoms with van der Waals surface area (Å²) in [6.45, 7) is 4.63. The molecule has 0 unspecified atom stereocenters. The van der Waals surface area contributed by atoms with E-state index >= 15 is 0 Å². The molecule has 0 bridgehead atoms. The van der Waals surface area contributed by atoms with Crippen LogP contribution < -0.4 is 10.6 Å². The summed E-state index contributed by atoms with van der Waals surface area (Å²) in [4.78, 5) is 18.4. The summed E-state index contributed by atoms with van der Waals surface area (Å²) in [6.07, 6.45) is 5.30. The van der Waals surface area contributed by atoms with Crippen molar-refractivity contribution in [1.82, 2.24) is 19.9 Å². The van der Waals surface area contributed by atoms with Crippen molar-refractivity contribution in [3.63, 3.8) is 0 Å². The number of H-pyrrole nitrogens is 1. The fraction of sp³-hybridized carbons (Fsp3) is 0.389. The highest BCUT2D eigenvalue weighted by Crippen LogP contribution is 2.36. The first-order valence-corrected chi connectivity index (χ1v) is 8.38. The molecule has 0 saturated carbocycles. The lowest BCUT2D eigenvalue weighted by Crippen LogP contribution is -2.47. The van der Waals surface area contributed by atoms with E-state index in [0.717, 1.165) is 42.9 Å². The van der Waals surface area contributed by atoms with Crippen molar-refractivity contribution in [2.45, 2.75) is 25.2 Å². The summed E-state index contributed by atoms with van der Waals surface area (Å²) < 4.78 is 0. The van der Waals surface area contributed by atoms with E-state index in [2.05, 4.69) is 56.0 Å². The Hall–Kier alpha value is -2.47. The van der Waals surface area contributed by atoms with E-state index in [1.807, 2.05) is 0 Å². The minimum Gasteiger partial charge on any atom is -0.355 e. The SMILES string of the molecule is Cc1ccc(C2(CN)CCN(c3ncnc4[nH]cnc34)CC2)cc1. The second-order valence-electron chi connectivity index (χ2n) is 6.63. The van der Waals surface area contributed by atoms with Gasteiger partial charge in [0.25, 0.3) is 0 Å². The van der Waals surface area contributed by atoms with Crippen LogP contribution in [-0.2, 0) is 5.41 Å². The lowest BCUT2D eigenvalue weighted by Gasteiger charge is -2.42. The Morgan fingerprint density at radius 1 is 1.12 bits per heavy atom. The number of fused-ring (bicyclic) bond motifs is 1. The Bertz CT molecular complexity index is 830. The molecule has 2 aromatic heterocycles. The normalized spacial score (nSPS) is 17.3. The van der Waals surface area contributed by atoms with Gasteiger partial charge >= 0.3 is 0 Å². The number of anilines is 1. The first-order valence-electron chi connectivity index (χ1n) is 8.38. The summed E-state index contributed by atoms with van der Waals surface area (Å²) in [7, 11) is 0. The minimum atomic E-state index is 0.0575. The molecule has 124 valence electrons. The van der Waals surface area contributed by atoms with E-state index < -0.39 is 0 Å². The molecule has 6 nitrogen and oxygen atoms in total. The number of aryl methyl sites for hydroxylation is 1. The van der Waals surface area contributed by atoms with Crippen LogP contribution in [0.3, 0.4) is 0 Å². The van der Waals surface area contributed by atoms with Gasteiger partial charge in [0.15, 0.2) is 11.5 Å². The van der Waals surface area contributed by atoms with Crippen LogP contribution in [0.1, 0.15) is 24.0 Å². The lowest BCUT2D eigenvalue weighted by molar-refractivity contribution is 0.339. The highest BCUT2D eigenvalue weighted by Gasteiger charge is 2.35. The molecule has 3 aromatic rings. The minimum absolute atomic E-state index is 0.0575. The van der Waals surface area contributed by atoms with Crippen LogP contribution in [0.25, 0.3) is 11.2 Å². The predicted molar refractivity (Wildman–Crippen MR) is 95.0 cm³/mol. The molecule has 1 fully saturated rings. The zero-order valence-electron chi connectivity index (χ0n) is 13.9. The average molecular weight is 322 g/mol. The van der Waals surface area contributed by atoms with Crippen molar-refractivity contribution in [2.24, 2.45) is 5.73 Å². The fourth-order valence-corrected chi connectivity index (χ4v) is 3.65. The third-order valence-corrected chi connectivity index (χ3v) is 5.27. The lowest BCUT2D eigenvalue weighted by atomic mass is 9.72. The third-order valence-electron chi connectivity index (χ3n) is 5.27. The summed E-state index contributed by atoms with van der Waals surface area (Å²) >= 11 is 0. The predicted octanol–water partition coefficient (Wildman–Crippen LogP) is 2.16. The standard InChI is InChI=1S/C18H22N6/c1-13-2-4-14(5-3-13)18(10-19)6-8-24(9-7-18)17-15-16(21-11-20-15)22-12-23-17/h2-5,11-12H,6-10,19H2,1H3,(H,20,21,22,23). The molecule has 1 aliphatic heterocycles. The number of nitrogens with one attached hydrogen (secondary N) is 1. The average Bonchev–Trinajstić information content (AvgIpc) is 3.11. The number of aromatic nitrogens is 4. The number of nitrogens with zero attached hydrogens (tertiary/aromatic N) is 4. The van der Waals surface area contributed by atoms with E-state index in [1.54, 1.807) is 12.7 Å². The highest BCUT2D eigenvalue weighted by atomic mass is 15.2. The number of rotatable bonds is 3. The van der Waals surface area contributed by atoms with Gasteiger partial charge in [-0.25, -0.2) is 15.0 Å². The molecular weight excluding hydrogens is 300 g/mol. The second-order valence-corrected chi connectivity index (χ2v) is 6.63. The van der Waals surface area contributed by atoms with Crippen molar-refractivity contribution < 1.29 is 0 Å². The molecule has 3 N–H and O–H groups in total. The number of hydrogen-bond acceptors (Lipinski definition) is 5. The Morgan fingerprint density at radius 2 is 1.88 bits per heavy atom. The van der Waals surface area contributed by atoms with E-state index in [4.69, 9.17) is 5.73 Å². The first kappa shape index (κ1) is 15.1. The van der Waals surface area contributed by atoms with E-state index in [-0.39, 0.29) is 5.41 Å². The van der Waals surface area contributed by atoms with Gasteiger partial charge in [-0.1, -0.05) is 29.8 Å². The molecule has 1 aliphatic rings. The molecule has 0 aliphatic carbocycles. The van der Waals surface area contributed by atoms with Crippen LogP contribution >= 0.6 is 0 Å². The van der Waals surface area contributed by atoms with Gasteiger partial charge in [0.05, 0.1) is 6.33 Å². The van der Waals surface area contributed by atoms with Crippen LogP contribution in [0, 0.1) is 6.92 Å². The van der Waals surface area contributed by atoms with Gasteiger partial charge in [0.1, 0.15) is 11.8 Å². The van der Waals surface area contributed by atoms with E-state index in [1.165, 1.54) is 11.1 Å². The Balaban J connectivity index is 1.59. The van der Waals surface area contributed by atoms with Crippen molar-refractivity contribution in [3.8, 4) is 0 Å². The van der Waals surface area contributed by atoms with Crippen molar-refractivity contribution in [2.75, 3.05) is 24.5 Å². The van der Waals surface area contributed by atoms with Crippen LogP contribution in [0.5, 0.6) is 0 Å². The van der Waals surface area contributed by atoms with Gasteiger partial charge in [0.2, 0.25) is 0 Å². The maximum atomic E-state index is 6.20. The van der Waals surface area contributed by atoms with Crippen molar-refractivity contribution in [3.05, 3.63) is 48.0 Å². The van der Waals surface area contributed by atoms with Gasteiger partial charge < -0.3 is 15.6 Å². The maximum absolute atomic E-state index is 6.20. The molecule has 0 spiro atoms. The molecule has 6 heteroatoms. The van der Waals surface area contributed by atoms with Crippen LogP contribution in [0.15, 0.2) is 36.9 Å². The fourth-order valence-electron chi connectivity index (χ4n) is 3.65. The van der Waals surface area contributed by atoms with E-state index in [9.17, 15) is 0 Å². The van der Waals surface area contributed by atoms with Gasteiger partial charge in [-0.05, 0) is 25.3 Å². The molecule has 1 saturated heterocycles. The third kappa shape index (κ3) is 2.43. The summed E-state index contributed by atoms with van der Waals surface area (Å²) in [5, 5.41) is 0. The number of imidazole rings is 1. The number of aromatic amines is 1. The first-order chi connectivity index (χ1) is 11.7. The van der Waals surface area contributed by atoms with E-state index in [0.29, 0.717) is 6.54 Å². The van der Waals surface area contributed by atoms with Gasteiger partial charge in [-0.3, -0.25) is 0 Å². The smallest absolute Gasteiger partial charge is 0.162 e. The van der Waals surface area contributed by atoms with Gasteiger partial charge in [0, 0.05) is 25.0 Å². The van der Waals surface area contributed by atoms with Gasteiger partial charge in [-0.15, -0.1) is 0 Å². The zero-order valence-corrected chi connectivity index (χ0v) is 13.9. The quantitative estimate of drug-likeness (QED) is 0.772. The van der Waals surface area contributed by atoms with Crippen LogP contribution in [-0.4, -0.2) is 39.6 Å². The molecular formula is C18H22N6. The Morgan fingerprint density at radius 3 is 2.58 bits per heavy atom. The van der Waals surface area contributed by atoms with Crippen molar-refractivity contribution >= 4 is 17.0 Å². The second kappa shape index (κ2) is 5.87. The monoisotopic (exact) mass is 322 g/mol. The Kier molecular flexibility index (Phi) is 3.69. The maximum Gasteiger partial charge on any atom is 0.162 e. The summed E-state index contributed by atoms with van der Waals surface area (Å²) in [6, 6.07) is 8.82. The summed E-state index contributed by atoms with van der Waals surface area (Å²) in [5.41, 5.74) is 10.5. The van der Waals surface area contributed by atoms with Crippen LogP contribution in [0.4, 0.5) is 5.82 Å². The largest absolute Gasteiger partial charge is 0.355 e. The molecule has 24 heavy (non-hydrogen) atoms. The highest BCUT2D eigenvalue weighted by molar-refractivity contribution is 5.82. The summed E-state index contributed by atoms with van der Waals surface area (Å²) in [5.74, 6) is 0.913. The zero-order chi connectivity index (χ0) is 16.6. The number of nitrogens with two attached hydrogens (primary N) is 1. The number of piperidine rings is 1. The molecule has 3 heterocycles. The van der Waals surface area contributed by atoms with Crippen LogP contribution in [0.2, 0.25) is 0 Å². The van der Waals surface area contributed by atoms with Crippen molar-refractivity contribution in [1.29, 1.82) is 0 Å².